The van der Waals surface area contributed by atoms with E-state index in [0.29, 0.717) is 13.1 Å². The van der Waals surface area contributed by atoms with Crippen molar-refractivity contribution in [2.24, 2.45) is 0 Å². The molecule has 1 N–H and O–H groups in total. The van der Waals surface area contributed by atoms with Crippen LogP contribution in [0.3, 0.4) is 0 Å². The van der Waals surface area contributed by atoms with Crippen LogP contribution < -0.4 is 0 Å². The van der Waals surface area contributed by atoms with Crippen molar-refractivity contribution in [2.45, 2.75) is 19.2 Å². The van der Waals surface area contributed by atoms with Crippen molar-refractivity contribution < 1.29 is 14.4 Å². The molecule has 24 heavy (non-hydrogen) atoms. The molecule has 8 heteroatoms. The van der Waals surface area contributed by atoms with Crippen LogP contribution in [0.1, 0.15) is 5.76 Å². The number of hydrogen-bond donors (Lipinski definition) is 1. The number of aliphatic hydroxyl groups excluding tert-OH is 1. The van der Waals surface area contributed by atoms with Gasteiger partial charge in [0.1, 0.15) is 23.7 Å². The maximum Gasteiger partial charge on any atom is 0.306 e. The van der Waals surface area contributed by atoms with Crippen LogP contribution in [0.25, 0.3) is 11.0 Å². The molecule has 0 saturated carbocycles. The zero-order chi connectivity index (χ0) is 17.1. The van der Waals surface area contributed by atoms with Crippen LogP contribution in [0, 0.1) is 10.1 Å². The summed E-state index contributed by atoms with van der Waals surface area (Å²) in [7, 11) is 1.88. The van der Waals surface area contributed by atoms with Gasteiger partial charge in [0.25, 0.3) is 0 Å². The first-order valence-electron chi connectivity index (χ1n) is 7.52. The van der Waals surface area contributed by atoms with Crippen molar-refractivity contribution in [3.63, 3.8) is 0 Å². The molecule has 3 aromatic rings. The molecule has 8 nitrogen and oxygen atoms in total. The van der Waals surface area contributed by atoms with Crippen molar-refractivity contribution in [3.8, 4) is 0 Å². The van der Waals surface area contributed by atoms with Crippen LogP contribution in [-0.4, -0.2) is 44.4 Å². The molecule has 0 aliphatic carbocycles. The van der Waals surface area contributed by atoms with Crippen LogP contribution in [0.5, 0.6) is 0 Å². The van der Waals surface area contributed by atoms with Crippen LogP contribution in [0.4, 0.5) is 5.69 Å². The predicted octanol–water partition coefficient (Wildman–Crippen LogP) is 2.03. The molecule has 126 valence electrons. The number of hydrogen-bond acceptors (Lipinski definition) is 6. The maximum absolute atomic E-state index is 10.6. The summed E-state index contributed by atoms with van der Waals surface area (Å²) in [4.78, 5) is 12.0. The average Bonchev–Trinajstić information content (AvgIpc) is 3.12. The van der Waals surface area contributed by atoms with Gasteiger partial charge in [0.15, 0.2) is 0 Å². The number of furan rings is 1. The number of aromatic nitrogens is 2. The highest BCUT2D eigenvalue weighted by atomic mass is 16.6. The zero-order valence-electron chi connectivity index (χ0n) is 13.2. The summed E-state index contributed by atoms with van der Waals surface area (Å²) in [6, 6.07) is 9.76. The molecule has 0 radical (unpaired) electrons. The second-order valence-corrected chi connectivity index (χ2v) is 5.78. The minimum absolute atomic E-state index is 0.0853. The van der Waals surface area contributed by atoms with Gasteiger partial charge < -0.3 is 9.52 Å². The SMILES string of the molecule is CN(Cc1cc2ccccc2o1)CC(O)Cn1cc([N+](=O)[O-])cn1. The Morgan fingerprint density at radius 1 is 1.46 bits per heavy atom. The summed E-state index contributed by atoms with van der Waals surface area (Å²) >= 11 is 0. The lowest BCUT2D eigenvalue weighted by molar-refractivity contribution is -0.385. The highest BCUT2D eigenvalue weighted by molar-refractivity contribution is 5.77. The minimum Gasteiger partial charge on any atom is -0.460 e. The molecule has 2 aromatic heterocycles. The van der Waals surface area contributed by atoms with E-state index in [9.17, 15) is 15.2 Å². The Morgan fingerprint density at radius 3 is 2.96 bits per heavy atom. The van der Waals surface area contributed by atoms with Gasteiger partial charge in [-0.2, -0.15) is 5.10 Å². The first-order chi connectivity index (χ1) is 11.5. The summed E-state index contributed by atoms with van der Waals surface area (Å²) in [5, 5.41) is 25.7. The number of para-hydroxylation sites is 1. The summed E-state index contributed by atoms with van der Waals surface area (Å²) in [5.41, 5.74) is 0.753. The molecule has 0 amide bonds. The molecule has 1 unspecified atom stereocenters. The van der Waals surface area contributed by atoms with Gasteiger partial charge in [0, 0.05) is 11.9 Å². The van der Waals surface area contributed by atoms with Crippen molar-refractivity contribution in [1.82, 2.24) is 14.7 Å². The van der Waals surface area contributed by atoms with E-state index in [-0.39, 0.29) is 12.2 Å². The Hall–Kier alpha value is -2.71. The van der Waals surface area contributed by atoms with Gasteiger partial charge in [-0.15, -0.1) is 0 Å². The van der Waals surface area contributed by atoms with Crippen LogP contribution in [0.15, 0.2) is 47.1 Å². The van der Waals surface area contributed by atoms with E-state index in [1.807, 2.05) is 42.3 Å². The van der Waals surface area contributed by atoms with Crippen molar-refractivity contribution in [3.05, 3.63) is 58.6 Å². The Kier molecular flexibility index (Phi) is 4.59. The molecule has 0 saturated heterocycles. The zero-order valence-corrected chi connectivity index (χ0v) is 13.2. The van der Waals surface area contributed by atoms with E-state index in [1.54, 1.807) is 0 Å². The molecule has 1 aromatic carbocycles. The number of nitrogens with zero attached hydrogens (tertiary/aromatic N) is 4. The van der Waals surface area contributed by atoms with Gasteiger partial charge in [-0.25, -0.2) is 0 Å². The van der Waals surface area contributed by atoms with Crippen molar-refractivity contribution in [2.75, 3.05) is 13.6 Å². The molecular weight excluding hydrogens is 312 g/mol. The Balaban J connectivity index is 1.55. The third kappa shape index (κ3) is 3.79. The van der Waals surface area contributed by atoms with E-state index in [0.717, 1.165) is 16.7 Å². The first-order valence-corrected chi connectivity index (χ1v) is 7.52. The summed E-state index contributed by atoms with van der Waals surface area (Å²) < 4.78 is 7.13. The Labute approximate surface area is 138 Å². The lowest BCUT2D eigenvalue weighted by atomic mass is 10.2. The third-order valence-electron chi connectivity index (χ3n) is 3.65. The molecule has 2 heterocycles. The molecule has 0 bridgehead atoms. The molecule has 3 rings (SSSR count). The van der Waals surface area contributed by atoms with Gasteiger partial charge in [0.05, 0.1) is 24.1 Å². The molecule has 0 aliphatic heterocycles. The number of rotatable bonds is 7. The van der Waals surface area contributed by atoms with Crippen LogP contribution in [-0.2, 0) is 13.1 Å². The van der Waals surface area contributed by atoms with E-state index in [4.69, 9.17) is 4.42 Å². The van der Waals surface area contributed by atoms with Crippen LogP contribution in [0.2, 0.25) is 0 Å². The number of likely N-dealkylation sites (N-methyl/N-ethyl adjacent to an activating group) is 1. The fourth-order valence-corrected chi connectivity index (χ4v) is 2.63. The van der Waals surface area contributed by atoms with Crippen LogP contribution >= 0.6 is 0 Å². The maximum atomic E-state index is 10.6. The first kappa shape index (κ1) is 16.2. The van der Waals surface area contributed by atoms with E-state index in [2.05, 4.69) is 5.10 Å². The normalized spacial score (nSPS) is 12.8. The summed E-state index contributed by atoms with van der Waals surface area (Å²) in [5.74, 6) is 0.820. The van der Waals surface area contributed by atoms with E-state index in [1.165, 1.54) is 17.1 Å². The predicted molar refractivity (Wildman–Crippen MR) is 87.4 cm³/mol. The van der Waals surface area contributed by atoms with Gasteiger partial charge in [-0.3, -0.25) is 19.7 Å². The average molecular weight is 330 g/mol. The number of fused-ring (bicyclic) bond motifs is 1. The lowest BCUT2D eigenvalue weighted by Gasteiger charge is -2.19. The van der Waals surface area contributed by atoms with Gasteiger partial charge >= 0.3 is 5.69 Å². The quantitative estimate of drug-likeness (QED) is 0.526. The van der Waals surface area contributed by atoms with E-state index < -0.39 is 11.0 Å². The topological polar surface area (TPSA) is 97.6 Å². The molecular formula is C16H18N4O4. The van der Waals surface area contributed by atoms with Crippen molar-refractivity contribution in [1.29, 1.82) is 0 Å². The Bertz CT molecular complexity index is 808. The van der Waals surface area contributed by atoms with Gasteiger partial charge in [-0.05, 0) is 19.2 Å². The lowest BCUT2D eigenvalue weighted by Crippen LogP contribution is -2.31. The highest BCUT2D eigenvalue weighted by Gasteiger charge is 2.14. The van der Waals surface area contributed by atoms with Crippen molar-refractivity contribution >= 4 is 16.7 Å². The molecule has 1 atom stereocenters. The standard InChI is InChI=1S/C16H18N4O4/c1-18(11-15-6-12-4-2-3-5-16(12)24-15)9-14(21)10-19-8-13(7-17-19)20(22)23/h2-8,14,21H,9-11H2,1H3. The number of aliphatic hydroxyl groups is 1. The van der Waals surface area contributed by atoms with Gasteiger partial charge in [0.2, 0.25) is 0 Å². The highest BCUT2D eigenvalue weighted by Crippen LogP contribution is 2.19. The van der Waals surface area contributed by atoms with Gasteiger partial charge in [-0.1, -0.05) is 18.2 Å². The smallest absolute Gasteiger partial charge is 0.306 e. The van der Waals surface area contributed by atoms with E-state index >= 15 is 0 Å². The minimum atomic E-state index is -0.695. The molecule has 0 fully saturated rings. The number of nitro groups is 1. The number of benzene rings is 1. The monoisotopic (exact) mass is 330 g/mol. The summed E-state index contributed by atoms with van der Waals surface area (Å²) in [6.45, 7) is 1.15. The summed E-state index contributed by atoms with van der Waals surface area (Å²) in [6.07, 6.45) is 1.78. The largest absolute Gasteiger partial charge is 0.460 e. The molecule has 0 aliphatic rings. The fraction of sp³-hybridized carbons (Fsp3) is 0.312. The third-order valence-corrected chi connectivity index (χ3v) is 3.65. The molecule has 0 spiro atoms. The second kappa shape index (κ2) is 6.81. The fourth-order valence-electron chi connectivity index (χ4n) is 2.63. The Morgan fingerprint density at radius 2 is 2.25 bits per heavy atom. The second-order valence-electron chi connectivity index (χ2n) is 5.78.